The molecule has 2 amide bonds. The fourth-order valence-corrected chi connectivity index (χ4v) is 2.35. The molecular formula is C13H15ClFN3O3. The van der Waals surface area contributed by atoms with Gasteiger partial charge in [0.15, 0.2) is 0 Å². The van der Waals surface area contributed by atoms with E-state index in [1.165, 1.54) is 12.1 Å². The van der Waals surface area contributed by atoms with Gasteiger partial charge < -0.3 is 15.3 Å². The van der Waals surface area contributed by atoms with Crippen LogP contribution < -0.4 is 5.32 Å². The summed E-state index contributed by atoms with van der Waals surface area (Å²) < 4.78 is 13.2. The Kier molecular flexibility index (Phi) is 4.98. The third-order valence-corrected chi connectivity index (χ3v) is 3.35. The predicted octanol–water partition coefficient (Wildman–Crippen LogP) is 1.71. The van der Waals surface area contributed by atoms with Crippen molar-refractivity contribution in [1.82, 2.24) is 9.80 Å². The molecule has 0 saturated carbocycles. The fraction of sp³-hybridized carbons (Fsp3) is 0.385. The average molecular weight is 316 g/mol. The largest absolute Gasteiger partial charge is 0.480 e. The van der Waals surface area contributed by atoms with E-state index < -0.39 is 11.8 Å². The van der Waals surface area contributed by atoms with Crippen molar-refractivity contribution < 1.29 is 19.1 Å². The lowest BCUT2D eigenvalue weighted by Crippen LogP contribution is -2.51. The van der Waals surface area contributed by atoms with Crippen molar-refractivity contribution in [3.05, 3.63) is 29.0 Å². The topological polar surface area (TPSA) is 72.9 Å². The van der Waals surface area contributed by atoms with Crippen LogP contribution in [-0.2, 0) is 4.79 Å². The number of carboxylic acids is 1. The lowest BCUT2D eigenvalue weighted by Gasteiger charge is -2.33. The molecule has 8 heteroatoms. The van der Waals surface area contributed by atoms with Gasteiger partial charge >= 0.3 is 12.0 Å². The van der Waals surface area contributed by atoms with Crippen LogP contribution in [0.1, 0.15) is 0 Å². The van der Waals surface area contributed by atoms with Crippen LogP contribution >= 0.6 is 11.6 Å². The minimum absolute atomic E-state index is 0.0328. The first-order chi connectivity index (χ1) is 9.94. The Morgan fingerprint density at radius 3 is 2.48 bits per heavy atom. The Bertz CT molecular complexity index is 527. The standard InChI is InChI=1S/C13H15ClFN3O3/c14-9-5-10(15)7-11(6-9)16-13(21)18-3-1-17(2-4-18)8-12(19)20/h5-7H,1-4,8H2,(H,16,21)(H,19,20). The molecule has 1 fully saturated rings. The van der Waals surface area contributed by atoms with Crippen LogP contribution in [0.4, 0.5) is 14.9 Å². The van der Waals surface area contributed by atoms with Crippen molar-refractivity contribution in [3.8, 4) is 0 Å². The van der Waals surface area contributed by atoms with Gasteiger partial charge in [0.05, 0.1) is 6.54 Å². The van der Waals surface area contributed by atoms with E-state index in [9.17, 15) is 14.0 Å². The zero-order chi connectivity index (χ0) is 15.4. The van der Waals surface area contributed by atoms with Gasteiger partial charge in [-0.3, -0.25) is 9.69 Å². The third-order valence-electron chi connectivity index (χ3n) is 3.13. The first kappa shape index (κ1) is 15.5. The molecule has 2 N–H and O–H groups in total. The van der Waals surface area contributed by atoms with Gasteiger partial charge in [-0.1, -0.05) is 11.6 Å². The number of nitrogens with one attached hydrogen (secondary N) is 1. The number of halogens is 2. The quantitative estimate of drug-likeness (QED) is 0.890. The average Bonchev–Trinajstić information content (AvgIpc) is 2.37. The highest BCUT2D eigenvalue weighted by atomic mass is 35.5. The fourth-order valence-electron chi connectivity index (χ4n) is 2.13. The molecule has 1 aliphatic heterocycles. The molecule has 1 heterocycles. The van der Waals surface area contributed by atoms with Gasteiger partial charge in [0.1, 0.15) is 5.82 Å². The summed E-state index contributed by atoms with van der Waals surface area (Å²) in [5, 5.41) is 11.5. The number of aliphatic carboxylic acids is 1. The number of hydrogen-bond donors (Lipinski definition) is 2. The number of urea groups is 1. The molecule has 114 valence electrons. The number of carbonyl (C=O) groups excluding carboxylic acids is 1. The Balaban J connectivity index is 1.88. The number of nitrogens with zero attached hydrogens (tertiary/aromatic N) is 2. The molecule has 0 aromatic heterocycles. The zero-order valence-electron chi connectivity index (χ0n) is 11.2. The van der Waals surface area contributed by atoms with Crippen molar-refractivity contribution in [2.24, 2.45) is 0 Å². The van der Waals surface area contributed by atoms with E-state index in [0.717, 1.165) is 6.07 Å². The number of benzene rings is 1. The van der Waals surface area contributed by atoms with Crippen LogP contribution in [0.5, 0.6) is 0 Å². The molecule has 0 atom stereocenters. The van der Waals surface area contributed by atoms with E-state index in [2.05, 4.69) is 5.32 Å². The number of carboxylic acid groups (broad SMARTS) is 1. The van der Waals surface area contributed by atoms with E-state index >= 15 is 0 Å². The maximum Gasteiger partial charge on any atom is 0.321 e. The SMILES string of the molecule is O=C(O)CN1CCN(C(=O)Nc2cc(F)cc(Cl)c2)CC1. The molecule has 6 nitrogen and oxygen atoms in total. The summed E-state index contributed by atoms with van der Waals surface area (Å²) in [6, 6.07) is 3.45. The van der Waals surface area contributed by atoms with Gasteiger partial charge in [0.2, 0.25) is 0 Å². The summed E-state index contributed by atoms with van der Waals surface area (Å²) in [4.78, 5) is 25.9. The molecule has 0 aliphatic carbocycles. The van der Waals surface area contributed by atoms with Gasteiger partial charge in [0.25, 0.3) is 0 Å². The lowest BCUT2D eigenvalue weighted by atomic mass is 10.3. The Labute approximate surface area is 126 Å². The van der Waals surface area contributed by atoms with Gasteiger partial charge in [-0.15, -0.1) is 0 Å². The number of carbonyl (C=O) groups is 2. The summed E-state index contributed by atoms with van der Waals surface area (Å²) in [6.07, 6.45) is 0. The van der Waals surface area contributed by atoms with E-state index in [1.807, 2.05) is 0 Å². The summed E-state index contributed by atoms with van der Waals surface area (Å²) in [5.74, 6) is -1.41. The Morgan fingerprint density at radius 1 is 1.24 bits per heavy atom. The molecule has 2 rings (SSSR count). The molecule has 1 saturated heterocycles. The molecule has 0 unspecified atom stereocenters. The summed E-state index contributed by atoms with van der Waals surface area (Å²) in [5.41, 5.74) is 0.290. The number of rotatable bonds is 3. The van der Waals surface area contributed by atoms with Crippen LogP contribution in [0.2, 0.25) is 5.02 Å². The summed E-state index contributed by atoms with van der Waals surface area (Å²) in [6.45, 7) is 1.78. The van der Waals surface area contributed by atoms with Crippen LogP contribution in [0, 0.1) is 5.82 Å². The number of piperazine rings is 1. The van der Waals surface area contributed by atoms with E-state index in [1.54, 1.807) is 9.80 Å². The predicted molar refractivity (Wildman–Crippen MR) is 76.1 cm³/mol. The first-order valence-electron chi connectivity index (χ1n) is 6.40. The molecule has 0 bridgehead atoms. The Morgan fingerprint density at radius 2 is 1.90 bits per heavy atom. The number of amides is 2. The van der Waals surface area contributed by atoms with E-state index in [0.29, 0.717) is 26.2 Å². The maximum absolute atomic E-state index is 13.2. The first-order valence-corrected chi connectivity index (χ1v) is 6.78. The van der Waals surface area contributed by atoms with Crippen molar-refractivity contribution in [2.45, 2.75) is 0 Å². The molecule has 0 spiro atoms. The van der Waals surface area contributed by atoms with Gasteiger partial charge in [-0.25, -0.2) is 9.18 Å². The number of hydrogen-bond acceptors (Lipinski definition) is 3. The highest BCUT2D eigenvalue weighted by Gasteiger charge is 2.22. The molecular weight excluding hydrogens is 301 g/mol. The second-order valence-electron chi connectivity index (χ2n) is 4.75. The Hall–Kier alpha value is -1.86. The van der Waals surface area contributed by atoms with Crippen molar-refractivity contribution >= 4 is 29.3 Å². The van der Waals surface area contributed by atoms with Gasteiger partial charge in [-0.05, 0) is 18.2 Å². The molecule has 1 aliphatic rings. The van der Waals surface area contributed by atoms with Gasteiger partial charge in [0, 0.05) is 36.9 Å². The molecule has 0 radical (unpaired) electrons. The smallest absolute Gasteiger partial charge is 0.321 e. The monoisotopic (exact) mass is 315 g/mol. The minimum Gasteiger partial charge on any atom is -0.480 e. The van der Waals surface area contributed by atoms with Crippen molar-refractivity contribution in [3.63, 3.8) is 0 Å². The second kappa shape index (κ2) is 6.73. The van der Waals surface area contributed by atoms with Crippen LogP contribution in [-0.4, -0.2) is 59.6 Å². The molecule has 21 heavy (non-hydrogen) atoms. The van der Waals surface area contributed by atoms with E-state index in [4.69, 9.17) is 16.7 Å². The van der Waals surface area contributed by atoms with E-state index in [-0.39, 0.29) is 23.3 Å². The number of anilines is 1. The molecule has 1 aromatic rings. The second-order valence-corrected chi connectivity index (χ2v) is 5.18. The minimum atomic E-state index is -0.887. The third kappa shape index (κ3) is 4.57. The van der Waals surface area contributed by atoms with Crippen LogP contribution in [0.15, 0.2) is 18.2 Å². The summed E-state index contributed by atoms with van der Waals surface area (Å²) in [7, 11) is 0. The normalized spacial score (nSPS) is 15.8. The van der Waals surface area contributed by atoms with Crippen LogP contribution in [0.3, 0.4) is 0 Å². The van der Waals surface area contributed by atoms with Crippen molar-refractivity contribution in [2.75, 3.05) is 38.0 Å². The maximum atomic E-state index is 13.2. The van der Waals surface area contributed by atoms with Gasteiger partial charge in [-0.2, -0.15) is 0 Å². The van der Waals surface area contributed by atoms with Crippen LogP contribution in [0.25, 0.3) is 0 Å². The summed E-state index contributed by atoms with van der Waals surface area (Å²) >= 11 is 5.72. The highest BCUT2D eigenvalue weighted by Crippen LogP contribution is 2.18. The van der Waals surface area contributed by atoms with Crippen molar-refractivity contribution in [1.29, 1.82) is 0 Å². The zero-order valence-corrected chi connectivity index (χ0v) is 11.9. The molecule has 1 aromatic carbocycles. The lowest BCUT2D eigenvalue weighted by molar-refractivity contribution is -0.138. The highest BCUT2D eigenvalue weighted by molar-refractivity contribution is 6.30.